The Morgan fingerprint density at radius 2 is 2.31 bits per heavy atom. The van der Waals surface area contributed by atoms with E-state index in [0.717, 1.165) is 5.56 Å². The van der Waals surface area contributed by atoms with E-state index in [2.05, 4.69) is 5.32 Å². The van der Waals surface area contributed by atoms with Crippen LogP contribution in [0.2, 0.25) is 0 Å². The van der Waals surface area contributed by atoms with Gasteiger partial charge in [-0.3, -0.25) is 9.59 Å². The SMILES string of the molecule is O=C(O)CCOc1cccc2c1NC(=O)C2. The highest BCUT2D eigenvalue weighted by Gasteiger charge is 2.20. The zero-order valence-corrected chi connectivity index (χ0v) is 8.53. The molecule has 0 spiro atoms. The first-order valence-electron chi connectivity index (χ1n) is 4.93. The summed E-state index contributed by atoms with van der Waals surface area (Å²) in [5.74, 6) is -0.439. The minimum atomic E-state index is -0.906. The largest absolute Gasteiger partial charge is 0.491 e. The summed E-state index contributed by atoms with van der Waals surface area (Å²) < 4.78 is 5.31. The molecule has 2 rings (SSSR count). The average molecular weight is 221 g/mol. The van der Waals surface area contributed by atoms with Gasteiger partial charge in [-0.05, 0) is 11.6 Å². The van der Waals surface area contributed by atoms with Crippen LogP contribution in [0, 0.1) is 0 Å². The number of hydrogen-bond donors (Lipinski definition) is 2. The monoisotopic (exact) mass is 221 g/mol. The Labute approximate surface area is 92.0 Å². The van der Waals surface area contributed by atoms with Gasteiger partial charge in [0, 0.05) is 0 Å². The van der Waals surface area contributed by atoms with Gasteiger partial charge in [0.1, 0.15) is 5.75 Å². The molecule has 0 saturated heterocycles. The fraction of sp³-hybridized carbons (Fsp3) is 0.273. The molecule has 1 aliphatic heterocycles. The van der Waals surface area contributed by atoms with E-state index in [1.165, 1.54) is 0 Å². The molecule has 0 aromatic heterocycles. The van der Waals surface area contributed by atoms with Crippen LogP contribution in [0.4, 0.5) is 5.69 Å². The predicted octanol–water partition coefficient (Wildman–Crippen LogP) is 1.03. The molecule has 1 amide bonds. The number of para-hydroxylation sites is 1. The maximum absolute atomic E-state index is 11.2. The Bertz CT molecular complexity index is 442. The van der Waals surface area contributed by atoms with Gasteiger partial charge in [0.05, 0.1) is 25.1 Å². The lowest BCUT2D eigenvalue weighted by Gasteiger charge is -2.09. The van der Waals surface area contributed by atoms with Gasteiger partial charge in [0.2, 0.25) is 5.91 Å². The number of rotatable bonds is 4. The molecule has 0 fully saturated rings. The first-order chi connectivity index (χ1) is 7.66. The Morgan fingerprint density at radius 3 is 3.06 bits per heavy atom. The fourth-order valence-electron chi connectivity index (χ4n) is 1.59. The minimum absolute atomic E-state index is 0.0579. The number of carbonyl (C=O) groups is 2. The van der Waals surface area contributed by atoms with Crippen LogP contribution in [0.3, 0.4) is 0 Å². The number of fused-ring (bicyclic) bond motifs is 1. The molecule has 5 nitrogen and oxygen atoms in total. The lowest BCUT2D eigenvalue weighted by molar-refractivity contribution is -0.137. The molecule has 84 valence electrons. The van der Waals surface area contributed by atoms with E-state index in [1.807, 2.05) is 6.07 Å². The van der Waals surface area contributed by atoms with E-state index in [-0.39, 0.29) is 18.9 Å². The number of carbonyl (C=O) groups excluding carboxylic acids is 1. The fourth-order valence-corrected chi connectivity index (χ4v) is 1.59. The van der Waals surface area contributed by atoms with Crippen molar-refractivity contribution in [1.82, 2.24) is 0 Å². The highest BCUT2D eigenvalue weighted by molar-refractivity contribution is 6.00. The summed E-state index contributed by atoms with van der Waals surface area (Å²) in [6.45, 7) is 0.0989. The van der Waals surface area contributed by atoms with Gasteiger partial charge < -0.3 is 15.2 Å². The highest BCUT2D eigenvalue weighted by Crippen LogP contribution is 2.32. The molecule has 0 atom stereocenters. The third-order valence-electron chi connectivity index (χ3n) is 2.30. The summed E-state index contributed by atoms with van der Waals surface area (Å²) >= 11 is 0. The van der Waals surface area contributed by atoms with Crippen molar-refractivity contribution >= 4 is 17.6 Å². The Morgan fingerprint density at radius 1 is 1.50 bits per heavy atom. The number of anilines is 1. The summed E-state index contributed by atoms with van der Waals surface area (Å²) in [6.07, 6.45) is 0.295. The van der Waals surface area contributed by atoms with Crippen molar-refractivity contribution in [2.24, 2.45) is 0 Å². The van der Waals surface area contributed by atoms with Crippen molar-refractivity contribution in [3.63, 3.8) is 0 Å². The number of nitrogens with one attached hydrogen (secondary N) is 1. The number of aliphatic carboxylic acids is 1. The lowest BCUT2D eigenvalue weighted by Crippen LogP contribution is -2.07. The molecule has 1 aromatic rings. The van der Waals surface area contributed by atoms with Crippen LogP contribution in [0.5, 0.6) is 5.75 Å². The summed E-state index contributed by atoms with van der Waals surface area (Å²) in [7, 11) is 0. The quantitative estimate of drug-likeness (QED) is 0.796. The summed E-state index contributed by atoms with van der Waals surface area (Å²) in [5, 5.41) is 11.2. The van der Waals surface area contributed by atoms with Gasteiger partial charge in [0.25, 0.3) is 0 Å². The normalized spacial score (nSPS) is 13.1. The molecule has 0 unspecified atom stereocenters. The van der Waals surface area contributed by atoms with Crippen molar-refractivity contribution in [2.75, 3.05) is 11.9 Å². The summed E-state index contributed by atoms with van der Waals surface area (Å²) in [5.41, 5.74) is 1.55. The van der Waals surface area contributed by atoms with Gasteiger partial charge in [-0.15, -0.1) is 0 Å². The molecule has 1 aliphatic rings. The summed E-state index contributed by atoms with van der Waals surface area (Å²) in [4.78, 5) is 21.5. The van der Waals surface area contributed by atoms with Crippen molar-refractivity contribution < 1.29 is 19.4 Å². The van der Waals surface area contributed by atoms with Gasteiger partial charge in [-0.25, -0.2) is 0 Å². The third-order valence-corrected chi connectivity index (χ3v) is 2.30. The number of carboxylic acid groups (broad SMARTS) is 1. The first-order valence-corrected chi connectivity index (χ1v) is 4.93. The van der Waals surface area contributed by atoms with Gasteiger partial charge in [0.15, 0.2) is 0 Å². The second-order valence-corrected chi connectivity index (χ2v) is 3.51. The van der Waals surface area contributed by atoms with Crippen LogP contribution >= 0.6 is 0 Å². The van der Waals surface area contributed by atoms with Crippen molar-refractivity contribution in [2.45, 2.75) is 12.8 Å². The van der Waals surface area contributed by atoms with Crippen LogP contribution in [0.1, 0.15) is 12.0 Å². The highest BCUT2D eigenvalue weighted by atomic mass is 16.5. The van der Waals surface area contributed by atoms with Crippen LogP contribution in [-0.4, -0.2) is 23.6 Å². The van der Waals surface area contributed by atoms with E-state index in [9.17, 15) is 9.59 Å². The molecule has 2 N–H and O–H groups in total. The van der Waals surface area contributed by atoms with E-state index < -0.39 is 5.97 Å². The topological polar surface area (TPSA) is 75.6 Å². The van der Waals surface area contributed by atoms with E-state index in [0.29, 0.717) is 17.9 Å². The molecule has 1 aromatic carbocycles. The predicted molar refractivity (Wildman–Crippen MR) is 56.5 cm³/mol. The van der Waals surface area contributed by atoms with Gasteiger partial charge in [-0.1, -0.05) is 12.1 Å². The molecule has 0 aliphatic carbocycles. The Kier molecular flexibility index (Phi) is 2.76. The van der Waals surface area contributed by atoms with Crippen LogP contribution < -0.4 is 10.1 Å². The Hall–Kier alpha value is -2.04. The second-order valence-electron chi connectivity index (χ2n) is 3.51. The van der Waals surface area contributed by atoms with Crippen LogP contribution in [0.15, 0.2) is 18.2 Å². The molecule has 0 saturated carbocycles. The van der Waals surface area contributed by atoms with Crippen LogP contribution in [0.25, 0.3) is 0 Å². The maximum Gasteiger partial charge on any atom is 0.306 e. The molecular weight excluding hydrogens is 210 g/mol. The first kappa shape index (κ1) is 10.5. The van der Waals surface area contributed by atoms with Crippen molar-refractivity contribution in [3.8, 4) is 5.75 Å². The smallest absolute Gasteiger partial charge is 0.306 e. The van der Waals surface area contributed by atoms with Crippen LogP contribution in [-0.2, 0) is 16.0 Å². The molecule has 1 heterocycles. The third kappa shape index (κ3) is 2.13. The van der Waals surface area contributed by atoms with E-state index in [1.54, 1.807) is 12.1 Å². The lowest BCUT2D eigenvalue weighted by atomic mass is 10.1. The molecule has 0 bridgehead atoms. The van der Waals surface area contributed by atoms with Gasteiger partial charge in [-0.2, -0.15) is 0 Å². The standard InChI is InChI=1S/C11H11NO4/c13-9-6-7-2-1-3-8(11(7)12-9)16-5-4-10(14)15/h1-3H,4-6H2,(H,12,13)(H,14,15). The molecular formula is C11H11NO4. The Balaban J connectivity index is 2.08. The second kappa shape index (κ2) is 4.22. The zero-order chi connectivity index (χ0) is 11.5. The number of carboxylic acids is 1. The molecule has 5 heteroatoms. The molecule has 16 heavy (non-hydrogen) atoms. The number of hydrogen-bond acceptors (Lipinski definition) is 3. The molecule has 0 radical (unpaired) electrons. The van der Waals surface area contributed by atoms with Crippen molar-refractivity contribution in [3.05, 3.63) is 23.8 Å². The number of amides is 1. The minimum Gasteiger partial charge on any atom is -0.491 e. The van der Waals surface area contributed by atoms with Gasteiger partial charge >= 0.3 is 5.97 Å². The maximum atomic E-state index is 11.2. The van der Waals surface area contributed by atoms with E-state index in [4.69, 9.17) is 9.84 Å². The van der Waals surface area contributed by atoms with E-state index >= 15 is 0 Å². The van der Waals surface area contributed by atoms with Crippen molar-refractivity contribution in [1.29, 1.82) is 0 Å². The number of ether oxygens (including phenoxy) is 1. The number of benzene rings is 1. The zero-order valence-electron chi connectivity index (χ0n) is 8.53. The average Bonchev–Trinajstić information content (AvgIpc) is 2.58. The summed E-state index contributed by atoms with van der Waals surface area (Å²) in [6, 6.07) is 5.35.